The quantitative estimate of drug-likeness (QED) is 0.452. The zero-order valence-corrected chi connectivity index (χ0v) is 19.1. The Morgan fingerprint density at radius 2 is 2.03 bits per heavy atom. The van der Waals surface area contributed by atoms with E-state index in [1.807, 2.05) is 6.08 Å². The third-order valence-electron chi connectivity index (χ3n) is 8.13. The number of fused-ring (bicyclic) bond motifs is 1. The van der Waals surface area contributed by atoms with E-state index in [1.165, 1.54) is 50.5 Å². The van der Waals surface area contributed by atoms with Gasteiger partial charge in [0, 0.05) is 15.5 Å². The molecule has 3 fully saturated rings. The molecule has 0 radical (unpaired) electrons. The van der Waals surface area contributed by atoms with Gasteiger partial charge in [-0.25, -0.2) is 0 Å². The van der Waals surface area contributed by atoms with E-state index in [1.54, 1.807) is 0 Å². The minimum absolute atomic E-state index is 0.0193. The van der Waals surface area contributed by atoms with Crippen LogP contribution in [0.3, 0.4) is 0 Å². The lowest BCUT2D eigenvalue weighted by molar-refractivity contribution is -0.166. The van der Waals surface area contributed by atoms with Crippen LogP contribution in [0.1, 0.15) is 101 Å². The fourth-order valence-electron chi connectivity index (χ4n) is 6.45. The van der Waals surface area contributed by atoms with Gasteiger partial charge >= 0.3 is 0 Å². The summed E-state index contributed by atoms with van der Waals surface area (Å²) in [7, 11) is 0. The number of allylic oxidation sites excluding steroid dienone is 4. The van der Waals surface area contributed by atoms with Gasteiger partial charge in [-0.3, -0.25) is 0 Å². The molecule has 0 aromatic rings. The largest absolute Gasteiger partial charge is 0.365 e. The predicted molar refractivity (Wildman–Crippen MR) is 122 cm³/mol. The highest BCUT2D eigenvalue weighted by Gasteiger charge is 2.50. The Kier molecular flexibility index (Phi) is 5.92. The monoisotopic (exact) mass is 403 g/mol. The molecule has 1 unspecified atom stereocenters. The zero-order chi connectivity index (χ0) is 23.7. The normalized spacial score (nSPS) is 42.6. The van der Waals surface area contributed by atoms with E-state index in [0.717, 1.165) is 29.7 Å². The maximum Gasteiger partial charge on any atom is 0.214 e. The van der Waals surface area contributed by atoms with Crippen LogP contribution in [0.2, 0.25) is 0 Å². The van der Waals surface area contributed by atoms with E-state index in [9.17, 15) is 5.11 Å². The number of aliphatic hydroxyl groups is 2. The van der Waals surface area contributed by atoms with E-state index in [0.29, 0.717) is 16.9 Å². The van der Waals surface area contributed by atoms with Crippen LogP contribution in [0.15, 0.2) is 35.5 Å². The van der Waals surface area contributed by atoms with Crippen LogP contribution in [-0.2, 0) is 0 Å². The van der Waals surface area contributed by atoms with E-state index < -0.39 is 12.2 Å². The summed E-state index contributed by atoms with van der Waals surface area (Å²) in [6, 6.07) is 0. The first-order valence-electron chi connectivity index (χ1n) is 13.3. The van der Waals surface area contributed by atoms with Crippen LogP contribution in [0.5, 0.6) is 0 Å². The van der Waals surface area contributed by atoms with Crippen LogP contribution < -0.4 is 0 Å². The van der Waals surface area contributed by atoms with Gasteiger partial charge in [-0.15, -0.1) is 0 Å². The molecule has 0 heterocycles. The van der Waals surface area contributed by atoms with E-state index in [-0.39, 0.29) is 12.8 Å². The van der Waals surface area contributed by atoms with Crippen LogP contribution in [0, 0.1) is 29.1 Å². The van der Waals surface area contributed by atoms with Crippen molar-refractivity contribution in [1.82, 2.24) is 0 Å². The van der Waals surface area contributed by atoms with Crippen molar-refractivity contribution < 1.29 is 13.0 Å². The van der Waals surface area contributed by atoms with Crippen molar-refractivity contribution in [2.75, 3.05) is 0 Å². The zero-order valence-electron chi connectivity index (χ0n) is 22.1. The van der Waals surface area contributed by atoms with Crippen molar-refractivity contribution >= 4 is 0 Å². The number of hydrogen-bond donors (Lipinski definition) is 2. The molecule has 5 atom stereocenters. The molecule has 3 aliphatic rings. The summed E-state index contributed by atoms with van der Waals surface area (Å²) >= 11 is 0. The average Bonchev–Trinajstić information content (AvgIpc) is 3.06. The molecule has 0 saturated heterocycles. The highest BCUT2D eigenvalue weighted by Crippen LogP contribution is 2.60. The van der Waals surface area contributed by atoms with Crippen molar-refractivity contribution in [2.45, 2.75) is 104 Å². The second kappa shape index (κ2) is 9.10. The molecular formula is C27H44O2. The Labute approximate surface area is 183 Å². The fraction of sp³-hybridized carbons (Fsp3) is 0.778. The molecular weight excluding hydrogens is 356 g/mol. The summed E-state index contributed by atoms with van der Waals surface area (Å²) in [5.74, 6) is 0.832. The summed E-state index contributed by atoms with van der Waals surface area (Å²) in [5.41, 5.74) is 3.35. The van der Waals surface area contributed by atoms with Gasteiger partial charge in [0.05, 0.1) is 0 Å². The van der Waals surface area contributed by atoms with Gasteiger partial charge < -0.3 is 10.2 Å². The molecule has 164 valence electrons. The van der Waals surface area contributed by atoms with Crippen LogP contribution >= 0.6 is 0 Å². The lowest BCUT2D eigenvalue weighted by Crippen LogP contribution is -2.36. The topological polar surface area (TPSA) is 40.5 Å². The highest BCUT2D eigenvalue weighted by molar-refractivity contribution is 5.36. The number of rotatable bonds is 7. The molecule has 0 amide bonds. The predicted octanol–water partition coefficient (Wildman–Crippen LogP) is 6.94. The fourth-order valence-corrected chi connectivity index (χ4v) is 6.45. The summed E-state index contributed by atoms with van der Waals surface area (Å²) in [5, 5.41) is 15.0. The summed E-state index contributed by atoms with van der Waals surface area (Å²) < 4.78 is 23.3. The van der Waals surface area contributed by atoms with Crippen LogP contribution in [0.4, 0.5) is 0 Å². The molecule has 2 N–H and O–H groups in total. The minimum atomic E-state index is -2.12. The third-order valence-corrected chi connectivity index (χ3v) is 8.13. The van der Waals surface area contributed by atoms with E-state index in [4.69, 9.17) is 4.17 Å². The SMILES string of the molecule is [2H]O[C@]1(O)C/C(=C/C=C2CCC[C@@]3(C)C2CC[C@@H]3[C@H](C)CCCC(C)C)C(=C)CC1([2H])[2H]. The summed E-state index contributed by atoms with van der Waals surface area (Å²) in [6.07, 6.45) is 12.4. The number of hydrogen-bond acceptors (Lipinski definition) is 2. The molecule has 3 rings (SSSR count). The Morgan fingerprint density at radius 3 is 2.76 bits per heavy atom. The van der Waals surface area contributed by atoms with Gasteiger partial charge in [0.2, 0.25) is 1.43 Å². The van der Waals surface area contributed by atoms with Gasteiger partial charge in [0.15, 0.2) is 5.79 Å². The minimum Gasteiger partial charge on any atom is -0.365 e. The van der Waals surface area contributed by atoms with Crippen molar-refractivity contribution in [3.05, 3.63) is 35.5 Å². The molecule has 2 nitrogen and oxygen atoms in total. The average molecular weight is 404 g/mol. The molecule has 0 aromatic carbocycles. The summed E-state index contributed by atoms with van der Waals surface area (Å²) in [4.78, 5) is 0. The van der Waals surface area contributed by atoms with E-state index in [2.05, 4.69) is 45.5 Å². The first-order valence-corrected chi connectivity index (χ1v) is 11.9. The highest BCUT2D eigenvalue weighted by atomic mass is 16.5. The smallest absolute Gasteiger partial charge is 0.214 e. The molecule has 29 heavy (non-hydrogen) atoms. The van der Waals surface area contributed by atoms with Crippen molar-refractivity contribution in [1.29, 1.82) is 1.43 Å². The molecule has 0 aromatic heterocycles. The van der Waals surface area contributed by atoms with Crippen molar-refractivity contribution in [3.8, 4) is 0 Å². The second-order valence-corrected chi connectivity index (χ2v) is 10.7. The lowest BCUT2D eigenvalue weighted by atomic mass is 9.60. The van der Waals surface area contributed by atoms with Crippen molar-refractivity contribution in [3.63, 3.8) is 0 Å². The maximum absolute atomic E-state index is 10.5. The maximum atomic E-state index is 10.5. The lowest BCUT2D eigenvalue weighted by Gasteiger charge is -2.44. The molecule has 2 heteroatoms. The molecule has 0 bridgehead atoms. The van der Waals surface area contributed by atoms with Crippen LogP contribution in [0.25, 0.3) is 0 Å². The van der Waals surface area contributed by atoms with E-state index >= 15 is 0 Å². The second-order valence-electron chi connectivity index (χ2n) is 10.7. The van der Waals surface area contributed by atoms with Crippen LogP contribution in [-0.4, -0.2) is 17.4 Å². The first kappa shape index (κ1) is 18.9. The van der Waals surface area contributed by atoms with Gasteiger partial charge in [0.25, 0.3) is 0 Å². The Morgan fingerprint density at radius 1 is 1.24 bits per heavy atom. The molecule has 3 saturated carbocycles. The van der Waals surface area contributed by atoms with Crippen molar-refractivity contribution in [2.24, 2.45) is 29.1 Å². The van der Waals surface area contributed by atoms with Gasteiger partial charge in [-0.1, -0.05) is 76.8 Å². The van der Waals surface area contributed by atoms with Gasteiger partial charge in [0.1, 0.15) is 0 Å². The third kappa shape index (κ3) is 5.25. The Balaban J connectivity index is 1.75. The standard InChI is InChI=1S/C27H44O2/c1-19(2)8-6-9-21(4)24-13-14-25-22(10-7-16-26(24,25)5)11-12-23-18-27(28,29)17-15-20(23)3/h11-12,19,21,24-25,28-29H,3,6-10,13-18H2,1-2,4-5H3/b22-11?,23-12-/t21-,24-,25?,26-/m1/s1/i17D2,28D/t21-,24-,25?,26-,27-. The Hall–Kier alpha value is -0.860. The molecule has 3 aliphatic carbocycles. The summed E-state index contributed by atoms with van der Waals surface area (Å²) in [6.45, 7) is 13.7. The first-order chi connectivity index (χ1) is 14.9. The van der Waals surface area contributed by atoms with Gasteiger partial charge in [-0.2, -0.15) is 0 Å². The van der Waals surface area contributed by atoms with Gasteiger partial charge in [-0.05, 0) is 73.2 Å². The molecule has 0 spiro atoms. The molecule has 0 aliphatic heterocycles. The Bertz CT molecular complexity index is 756.